The Kier molecular flexibility index (Phi) is 3.42. The number of nitrogens with zero attached hydrogens (tertiary/aromatic N) is 1. The Hall–Kier alpha value is -2.29. The fraction of sp³-hybridized carbons (Fsp3) is 0.278. The summed E-state index contributed by atoms with van der Waals surface area (Å²) in [4.78, 5) is 4.55. The first-order valence-corrected chi connectivity index (χ1v) is 7.14. The van der Waals surface area contributed by atoms with Crippen molar-refractivity contribution in [1.29, 1.82) is 0 Å². The zero-order valence-electron chi connectivity index (χ0n) is 12.8. The summed E-state index contributed by atoms with van der Waals surface area (Å²) < 4.78 is 11.4. The molecule has 0 bridgehead atoms. The van der Waals surface area contributed by atoms with Gasteiger partial charge in [-0.1, -0.05) is 26.0 Å². The van der Waals surface area contributed by atoms with Crippen LogP contribution in [-0.2, 0) is 0 Å². The molecule has 0 fully saturated rings. The molecule has 0 saturated carbocycles. The molecule has 0 atom stereocenters. The van der Waals surface area contributed by atoms with Gasteiger partial charge in [-0.3, -0.25) is 0 Å². The Morgan fingerprint density at radius 2 is 1.90 bits per heavy atom. The quantitative estimate of drug-likeness (QED) is 0.682. The van der Waals surface area contributed by atoms with Gasteiger partial charge in [0.05, 0.1) is 7.11 Å². The Morgan fingerprint density at radius 1 is 1.10 bits per heavy atom. The summed E-state index contributed by atoms with van der Waals surface area (Å²) in [6, 6.07) is 12.1. The van der Waals surface area contributed by atoms with Crippen LogP contribution in [0.1, 0.15) is 30.9 Å². The number of benzene rings is 2. The van der Waals surface area contributed by atoms with Crippen molar-refractivity contribution in [3.05, 3.63) is 47.5 Å². The van der Waals surface area contributed by atoms with Crippen LogP contribution in [0.3, 0.4) is 0 Å². The summed E-state index contributed by atoms with van der Waals surface area (Å²) in [5.41, 5.74) is 4.98. The van der Waals surface area contributed by atoms with E-state index in [0.29, 0.717) is 11.8 Å². The normalized spacial score (nSPS) is 11.3. The fourth-order valence-electron chi connectivity index (χ4n) is 2.48. The van der Waals surface area contributed by atoms with E-state index < -0.39 is 0 Å². The van der Waals surface area contributed by atoms with E-state index in [1.165, 1.54) is 5.56 Å². The summed E-state index contributed by atoms with van der Waals surface area (Å²) in [5.74, 6) is 1.92. The molecule has 21 heavy (non-hydrogen) atoms. The average Bonchev–Trinajstić information content (AvgIpc) is 2.89. The highest BCUT2D eigenvalue weighted by molar-refractivity contribution is 5.77. The minimum atomic E-state index is 0.417. The molecule has 1 aromatic heterocycles. The van der Waals surface area contributed by atoms with E-state index in [0.717, 1.165) is 28.0 Å². The number of aryl methyl sites for hydroxylation is 1. The van der Waals surface area contributed by atoms with Crippen molar-refractivity contribution in [2.75, 3.05) is 7.11 Å². The van der Waals surface area contributed by atoms with Gasteiger partial charge in [0.1, 0.15) is 11.3 Å². The van der Waals surface area contributed by atoms with E-state index >= 15 is 0 Å². The van der Waals surface area contributed by atoms with Gasteiger partial charge in [-0.15, -0.1) is 0 Å². The third kappa shape index (κ3) is 2.51. The van der Waals surface area contributed by atoms with Crippen molar-refractivity contribution in [3.63, 3.8) is 0 Å². The van der Waals surface area contributed by atoms with Gasteiger partial charge in [-0.25, -0.2) is 4.98 Å². The lowest BCUT2D eigenvalue weighted by atomic mass is 10.0. The third-order valence-corrected chi connectivity index (χ3v) is 3.65. The zero-order valence-corrected chi connectivity index (χ0v) is 12.8. The van der Waals surface area contributed by atoms with E-state index in [4.69, 9.17) is 9.15 Å². The lowest BCUT2D eigenvalue weighted by molar-refractivity contribution is 0.407. The first-order valence-electron chi connectivity index (χ1n) is 7.14. The van der Waals surface area contributed by atoms with Crippen LogP contribution in [-0.4, -0.2) is 12.1 Å². The molecule has 0 amide bonds. The molecular weight excluding hydrogens is 262 g/mol. The Morgan fingerprint density at radius 3 is 2.62 bits per heavy atom. The van der Waals surface area contributed by atoms with E-state index in [9.17, 15) is 0 Å². The highest BCUT2D eigenvalue weighted by Gasteiger charge is 2.13. The van der Waals surface area contributed by atoms with Gasteiger partial charge in [0.15, 0.2) is 5.58 Å². The SMILES string of the molecule is COc1cc(-c2nc3ccc(C)cc3o2)ccc1C(C)C. The molecule has 3 rings (SSSR count). The number of methoxy groups -OCH3 is 1. The highest BCUT2D eigenvalue weighted by Crippen LogP contribution is 2.32. The van der Waals surface area contributed by atoms with Gasteiger partial charge in [-0.05, 0) is 48.2 Å². The number of hydrogen-bond donors (Lipinski definition) is 0. The Bertz CT molecular complexity index is 787. The molecule has 0 saturated heterocycles. The van der Waals surface area contributed by atoms with Crippen LogP contribution in [0.2, 0.25) is 0 Å². The van der Waals surface area contributed by atoms with Crippen molar-refractivity contribution in [1.82, 2.24) is 4.98 Å². The van der Waals surface area contributed by atoms with Crippen LogP contribution in [0.5, 0.6) is 5.75 Å². The lowest BCUT2D eigenvalue weighted by Crippen LogP contribution is -1.94. The number of hydrogen-bond acceptors (Lipinski definition) is 3. The van der Waals surface area contributed by atoms with E-state index in [1.54, 1.807) is 7.11 Å². The smallest absolute Gasteiger partial charge is 0.227 e. The Balaban J connectivity index is 2.09. The zero-order chi connectivity index (χ0) is 15.0. The molecule has 2 aromatic carbocycles. The molecule has 0 radical (unpaired) electrons. The van der Waals surface area contributed by atoms with Crippen LogP contribution in [0.4, 0.5) is 0 Å². The molecule has 0 aliphatic rings. The molecule has 3 nitrogen and oxygen atoms in total. The molecule has 0 spiro atoms. The largest absolute Gasteiger partial charge is 0.496 e. The van der Waals surface area contributed by atoms with Crippen molar-refractivity contribution in [3.8, 4) is 17.2 Å². The van der Waals surface area contributed by atoms with Crippen molar-refractivity contribution < 1.29 is 9.15 Å². The minimum absolute atomic E-state index is 0.417. The Labute approximate surface area is 124 Å². The summed E-state index contributed by atoms with van der Waals surface area (Å²) in [6.45, 7) is 6.35. The molecule has 0 aliphatic carbocycles. The minimum Gasteiger partial charge on any atom is -0.496 e. The van der Waals surface area contributed by atoms with Gasteiger partial charge in [0, 0.05) is 5.56 Å². The van der Waals surface area contributed by atoms with Crippen molar-refractivity contribution >= 4 is 11.1 Å². The number of oxazole rings is 1. The number of aromatic nitrogens is 1. The van der Waals surface area contributed by atoms with Crippen molar-refractivity contribution in [2.45, 2.75) is 26.7 Å². The van der Waals surface area contributed by atoms with Gasteiger partial charge < -0.3 is 9.15 Å². The molecule has 3 aromatic rings. The second-order valence-corrected chi connectivity index (χ2v) is 5.60. The molecule has 0 aliphatic heterocycles. The maximum atomic E-state index is 5.87. The predicted octanol–water partition coefficient (Wildman–Crippen LogP) is 4.94. The topological polar surface area (TPSA) is 35.3 Å². The van der Waals surface area contributed by atoms with E-state index in [2.05, 4.69) is 24.9 Å². The summed E-state index contributed by atoms with van der Waals surface area (Å²) in [6.07, 6.45) is 0. The van der Waals surface area contributed by atoms with Gasteiger partial charge in [0.25, 0.3) is 0 Å². The summed E-state index contributed by atoms with van der Waals surface area (Å²) >= 11 is 0. The molecule has 0 N–H and O–H groups in total. The van der Waals surface area contributed by atoms with Crippen LogP contribution < -0.4 is 4.74 Å². The maximum absolute atomic E-state index is 5.87. The fourth-order valence-corrected chi connectivity index (χ4v) is 2.48. The molecule has 0 unspecified atom stereocenters. The monoisotopic (exact) mass is 281 g/mol. The second-order valence-electron chi connectivity index (χ2n) is 5.60. The highest BCUT2D eigenvalue weighted by atomic mass is 16.5. The van der Waals surface area contributed by atoms with Gasteiger partial charge in [0.2, 0.25) is 5.89 Å². The van der Waals surface area contributed by atoms with Crippen molar-refractivity contribution in [2.24, 2.45) is 0 Å². The van der Waals surface area contributed by atoms with Crippen LogP contribution in [0.25, 0.3) is 22.6 Å². The first kappa shape index (κ1) is 13.7. The first-order chi connectivity index (χ1) is 10.1. The van der Waals surface area contributed by atoms with Gasteiger partial charge >= 0.3 is 0 Å². The molecule has 108 valence electrons. The van der Waals surface area contributed by atoms with Gasteiger partial charge in [-0.2, -0.15) is 0 Å². The van der Waals surface area contributed by atoms with Crippen LogP contribution >= 0.6 is 0 Å². The lowest BCUT2D eigenvalue weighted by Gasteiger charge is -2.12. The van der Waals surface area contributed by atoms with E-state index in [-0.39, 0.29) is 0 Å². The average molecular weight is 281 g/mol. The van der Waals surface area contributed by atoms with E-state index in [1.807, 2.05) is 37.3 Å². The standard InChI is InChI=1S/C18H19NO2/c1-11(2)14-7-6-13(10-16(14)20-4)18-19-15-8-5-12(3)9-17(15)21-18/h5-11H,1-4H3. The molecular formula is C18H19NO2. The summed E-state index contributed by atoms with van der Waals surface area (Å²) in [5, 5.41) is 0. The van der Waals surface area contributed by atoms with Crippen LogP contribution in [0.15, 0.2) is 40.8 Å². The van der Waals surface area contributed by atoms with Crippen LogP contribution in [0, 0.1) is 6.92 Å². The predicted molar refractivity (Wildman–Crippen MR) is 84.8 cm³/mol. The number of ether oxygens (including phenoxy) is 1. The number of rotatable bonds is 3. The summed E-state index contributed by atoms with van der Waals surface area (Å²) in [7, 11) is 1.69. The molecule has 3 heteroatoms. The maximum Gasteiger partial charge on any atom is 0.227 e. The number of fused-ring (bicyclic) bond motifs is 1. The third-order valence-electron chi connectivity index (χ3n) is 3.65. The second kappa shape index (κ2) is 5.24. The molecule has 1 heterocycles.